The quantitative estimate of drug-likeness (QED) is 0.264. The van der Waals surface area contributed by atoms with Gasteiger partial charge in [0.1, 0.15) is 47.3 Å². The molecule has 1 aromatic carbocycles. The lowest BCUT2D eigenvalue weighted by atomic mass is 10.1. The summed E-state index contributed by atoms with van der Waals surface area (Å²) in [5.41, 5.74) is 3.49. The van der Waals surface area contributed by atoms with Crippen LogP contribution in [0.3, 0.4) is 0 Å². The fourth-order valence-electron chi connectivity index (χ4n) is 4.34. The SMILES string of the molecule is CCn1c2cc(C3CC=C(C=C(C#N)C#N)O3)ccc2c2sc(-c3ccc(C=C(C#N)C#N)s3)cc21. The summed E-state index contributed by atoms with van der Waals surface area (Å²) in [5.74, 6) is 0.552. The van der Waals surface area contributed by atoms with E-state index in [1.807, 2.05) is 42.5 Å². The Morgan fingerprint density at radius 3 is 2.42 bits per heavy atom. The molecule has 1 atom stereocenters. The van der Waals surface area contributed by atoms with Crippen molar-refractivity contribution in [3.05, 3.63) is 75.9 Å². The zero-order valence-corrected chi connectivity index (χ0v) is 20.8. The number of aryl methyl sites for hydroxylation is 1. The zero-order valence-electron chi connectivity index (χ0n) is 19.1. The number of nitrogens with zero attached hydrogens (tertiary/aromatic N) is 5. The lowest BCUT2D eigenvalue weighted by Crippen LogP contribution is -1.99. The molecule has 1 unspecified atom stereocenters. The zero-order chi connectivity index (χ0) is 25.2. The van der Waals surface area contributed by atoms with Crippen LogP contribution in [0.4, 0.5) is 0 Å². The molecule has 0 fully saturated rings. The predicted molar refractivity (Wildman–Crippen MR) is 141 cm³/mol. The Balaban J connectivity index is 1.48. The van der Waals surface area contributed by atoms with E-state index < -0.39 is 0 Å². The summed E-state index contributed by atoms with van der Waals surface area (Å²) in [5, 5.41) is 37.2. The third kappa shape index (κ3) is 4.06. The van der Waals surface area contributed by atoms with Crippen LogP contribution in [0.5, 0.6) is 0 Å². The average Bonchev–Trinajstić information content (AvgIpc) is 3.69. The monoisotopic (exact) mass is 503 g/mol. The highest BCUT2D eigenvalue weighted by Gasteiger charge is 2.22. The highest BCUT2D eigenvalue weighted by atomic mass is 32.1. The molecule has 4 aromatic rings. The molecule has 1 aliphatic rings. The van der Waals surface area contributed by atoms with E-state index in [-0.39, 0.29) is 17.3 Å². The van der Waals surface area contributed by atoms with Crippen LogP contribution in [0.15, 0.2) is 65.5 Å². The number of nitriles is 4. The Hall–Kier alpha value is -4.60. The molecule has 0 bridgehead atoms. The number of hydrogen-bond acceptors (Lipinski definition) is 7. The third-order valence-corrected chi connectivity index (χ3v) is 8.37. The summed E-state index contributed by atoms with van der Waals surface area (Å²) in [7, 11) is 0. The van der Waals surface area contributed by atoms with Gasteiger partial charge in [-0.05, 0) is 48.9 Å². The first-order chi connectivity index (χ1) is 17.6. The number of rotatable bonds is 5. The van der Waals surface area contributed by atoms with Gasteiger partial charge >= 0.3 is 0 Å². The molecule has 0 amide bonds. The number of thiophene rings is 2. The van der Waals surface area contributed by atoms with E-state index in [9.17, 15) is 0 Å². The number of ether oxygens (including phenoxy) is 1. The standard InChI is InChI=1S/C28H17N5OS2/c1-2-33-23-11-19(25-7-4-20(34-25)9-17(13-29)14-30)3-6-22(23)28-24(33)12-27(36-28)26-8-5-21(35-26)10-18(15-31)16-32/h3-6,8-12,25H,2,7H2,1H3. The Morgan fingerprint density at radius 2 is 1.69 bits per heavy atom. The fourth-order valence-corrected chi connectivity index (χ4v) is 6.57. The first-order valence-corrected chi connectivity index (χ1v) is 12.8. The normalized spacial score (nSPS) is 14.2. The highest BCUT2D eigenvalue weighted by molar-refractivity contribution is 7.27. The molecule has 5 rings (SSSR count). The molecule has 36 heavy (non-hydrogen) atoms. The van der Waals surface area contributed by atoms with Gasteiger partial charge in [-0.25, -0.2) is 0 Å². The molecule has 0 saturated carbocycles. The minimum absolute atomic E-state index is 0.0257. The molecule has 8 heteroatoms. The summed E-state index contributed by atoms with van der Waals surface area (Å²) >= 11 is 3.30. The summed E-state index contributed by atoms with van der Waals surface area (Å²) in [6.45, 7) is 2.95. The van der Waals surface area contributed by atoms with Crippen molar-refractivity contribution in [1.82, 2.24) is 4.57 Å². The second-order valence-corrected chi connectivity index (χ2v) is 10.2. The van der Waals surface area contributed by atoms with Gasteiger partial charge in [-0.1, -0.05) is 12.1 Å². The summed E-state index contributed by atoms with van der Waals surface area (Å²) in [6.07, 6.45) is 5.54. The van der Waals surface area contributed by atoms with Crippen molar-refractivity contribution in [3.63, 3.8) is 0 Å². The molecule has 0 spiro atoms. The third-order valence-electron chi connectivity index (χ3n) is 5.98. The minimum atomic E-state index is -0.155. The van der Waals surface area contributed by atoms with Crippen LogP contribution in [0.1, 0.15) is 29.9 Å². The molecule has 0 saturated heterocycles. The van der Waals surface area contributed by atoms with Gasteiger partial charge in [0.2, 0.25) is 0 Å². The molecule has 4 heterocycles. The smallest absolute Gasteiger partial charge is 0.133 e. The van der Waals surface area contributed by atoms with Crippen LogP contribution in [-0.4, -0.2) is 4.57 Å². The fraction of sp³-hybridized carbons (Fsp3) is 0.143. The maximum Gasteiger partial charge on any atom is 0.133 e. The number of aromatic nitrogens is 1. The van der Waals surface area contributed by atoms with Crippen molar-refractivity contribution in [1.29, 1.82) is 21.0 Å². The van der Waals surface area contributed by atoms with Crippen molar-refractivity contribution in [2.24, 2.45) is 0 Å². The van der Waals surface area contributed by atoms with E-state index >= 15 is 0 Å². The maximum absolute atomic E-state index is 9.02. The largest absolute Gasteiger partial charge is 0.486 e. The molecular formula is C28H17N5OS2. The topological polar surface area (TPSA) is 109 Å². The molecule has 0 radical (unpaired) electrons. The van der Waals surface area contributed by atoms with E-state index in [4.69, 9.17) is 25.8 Å². The van der Waals surface area contributed by atoms with Crippen LogP contribution in [-0.2, 0) is 11.3 Å². The van der Waals surface area contributed by atoms with Crippen molar-refractivity contribution >= 4 is 49.9 Å². The summed E-state index contributed by atoms with van der Waals surface area (Å²) in [6, 6.07) is 20.1. The Bertz CT molecular complexity index is 1750. The van der Waals surface area contributed by atoms with Crippen LogP contribution in [0.2, 0.25) is 0 Å². The molecule has 1 aliphatic heterocycles. The predicted octanol–water partition coefficient (Wildman–Crippen LogP) is 7.35. The van der Waals surface area contributed by atoms with Gasteiger partial charge < -0.3 is 9.30 Å². The molecule has 172 valence electrons. The molecule has 0 N–H and O–H groups in total. The Morgan fingerprint density at radius 1 is 0.944 bits per heavy atom. The van der Waals surface area contributed by atoms with E-state index in [0.29, 0.717) is 12.2 Å². The number of hydrogen-bond donors (Lipinski definition) is 0. The second kappa shape index (κ2) is 9.57. The van der Waals surface area contributed by atoms with E-state index in [0.717, 1.165) is 32.3 Å². The first kappa shape index (κ1) is 23.2. The maximum atomic E-state index is 9.02. The average molecular weight is 504 g/mol. The van der Waals surface area contributed by atoms with E-state index in [2.05, 4.69) is 35.8 Å². The van der Waals surface area contributed by atoms with E-state index in [1.165, 1.54) is 21.7 Å². The van der Waals surface area contributed by atoms with Crippen molar-refractivity contribution < 1.29 is 4.74 Å². The van der Waals surface area contributed by atoms with E-state index in [1.54, 1.807) is 28.7 Å². The molecular weight excluding hydrogens is 486 g/mol. The highest BCUT2D eigenvalue weighted by Crippen LogP contribution is 2.43. The van der Waals surface area contributed by atoms with Gasteiger partial charge in [0.05, 0.1) is 15.7 Å². The number of fused-ring (bicyclic) bond motifs is 3. The summed E-state index contributed by atoms with van der Waals surface area (Å²) in [4.78, 5) is 3.13. The van der Waals surface area contributed by atoms with Gasteiger partial charge in [0.25, 0.3) is 0 Å². The van der Waals surface area contributed by atoms with Gasteiger partial charge in [-0.3, -0.25) is 0 Å². The molecule has 3 aromatic heterocycles. The van der Waals surface area contributed by atoms with Gasteiger partial charge in [-0.2, -0.15) is 21.0 Å². The first-order valence-electron chi connectivity index (χ1n) is 11.1. The van der Waals surface area contributed by atoms with Crippen LogP contribution in [0, 0.1) is 45.3 Å². The van der Waals surface area contributed by atoms with Gasteiger partial charge in [0, 0.05) is 39.1 Å². The van der Waals surface area contributed by atoms with Crippen LogP contribution >= 0.6 is 22.7 Å². The summed E-state index contributed by atoms with van der Waals surface area (Å²) < 4.78 is 9.54. The molecule has 6 nitrogen and oxygen atoms in total. The van der Waals surface area contributed by atoms with Crippen molar-refractivity contribution in [3.8, 4) is 34.0 Å². The number of benzene rings is 1. The Kier molecular flexibility index (Phi) is 6.16. The molecule has 0 aliphatic carbocycles. The van der Waals surface area contributed by atoms with Crippen LogP contribution in [0.25, 0.3) is 36.9 Å². The second-order valence-electron chi connectivity index (χ2n) is 8.06. The van der Waals surface area contributed by atoms with Crippen molar-refractivity contribution in [2.75, 3.05) is 0 Å². The lowest BCUT2D eigenvalue weighted by molar-refractivity contribution is 0.154. The Labute approximate surface area is 215 Å². The number of allylic oxidation sites excluding steroid dienone is 3. The van der Waals surface area contributed by atoms with Crippen LogP contribution < -0.4 is 0 Å². The van der Waals surface area contributed by atoms with Gasteiger partial charge in [-0.15, -0.1) is 22.7 Å². The minimum Gasteiger partial charge on any atom is -0.486 e. The van der Waals surface area contributed by atoms with Crippen molar-refractivity contribution in [2.45, 2.75) is 26.0 Å². The van der Waals surface area contributed by atoms with Gasteiger partial charge in [0.15, 0.2) is 0 Å². The lowest BCUT2D eigenvalue weighted by Gasteiger charge is -2.13.